The van der Waals surface area contributed by atoms with Crippen molar-refractivity contribution in [3.8, 4) is 11.5 Å². The summed E-state index contributed by atoms with van der Waals surface area (Å²) in [6, 6.07) is 13.3. The second-order valence-corrected chi connectivity index (χ2v) is 5.54. The molecule has 20 heavy (non-hydrogen) atoms. The Bertz CT molecular complexity index is 700. The van der Waals surface area contributed by atoms with Crippen molar-refractivity contribution in [1.82, 2.24) is 9.97 Å². The van der Waals surface area contributed by atoms with E-state index in [1.54, 1.807) is 24.2 Å². The fourth-order valence-electron chi connectivity index (χ4n) is 1.71. The average molecular weight is 303 g/mol. The third kappa shape index (κ3) is 3.21. The first-order valence-corrected chi connectivity index (χ1v) is 7.42. The SMILES string of the molecule is Clc1cccc(-c2nc(CSc3ccccn3)co2)c1. The van der Waals surface area contributed by atoms with Gasteiger partial charge in [0.25, 0.3) is 0 Å². The van der Waals surface area contributed by atoms with Crippen molar-refractivity contribution in [1.29, 1.82) is 0 Å². The van der Waals surface area contributed by atoms with Gasteiger partial charge in [-0.1, -0.05) is 35.5 Å². The standard InChI is InChI=1S/C15H11ClN2OS/c16-12-5-3-4-11(8-12)15-18-13(9-19-15)10-20-14-6-1-2-7-17-14/h1-9H,10H2. The molecule has 0 radical (unpaired) electrons. The lowest BCUT2D eigenvalue weighted by atomic mass is 10.2. The largest absolute Gasteiger partial charge is 0.444 e. The molecule has 0 amide bonds. The molecule has 0 unspecified atom stereocenters. The summed E-state index contributed by atoms with van der Waals surface area (Å²) in [4.78, 5) is 8.72. The lowest BCUT2D eigenvalue weighted by molar-refractivity contribution is 0.573. The molecule has 3 rings (SSSR count). The van der Waals surface area contributed by atoms with Gasteiger partial charge < -0.3 is 4.42 Å². The Hall–Kier alpha value is -1.78. The number of hydrogen-bond acceptors (Lipinski definition) is 4. The monoisotopic (exact) mass is 302 g/mol. The van der Waals surface area contributed by atoms with Crippen LogP contribution in [-0.4, -0.2) is 9.97 Å². The summed E-state index contributed by atoms with van der Waals surface area (Å²) in [5.74, 6) is 1.31. The minimum absolute atomic E-state index is 0.587. The zero-order chi connectivity index (χ0) is 13.8. The number of hydrogen-bond donors (Lipinski definition) is 0. The molecule has 0 fully saturated rings. The predicted molar refractivity (Wildman–Crippen MR) is 80.7 cm³/mol. The summed E-state index contributed by atoms with van der Waals surface area (Å²) in [6.07, 6.45) is 3.45. The van der Waals surface area contributed by atoms with Gasteiger partial charge in [-0.05, 0) is 30.3 Å². The van der Waals surface area contributed by atoms with Crippen molar-refractivity contribution in [2.24, 2.45) is 0 Å². The van der Waals surface area contributed by atoms with Crippen LogP contribution in [0, 0.1) is 0 Å². The Kier molecular flexibility index (Phi) is 4.04. The van der Waals surface area contributed by atoms with Crippen molar-refractivity contribution >= 4 is 23.4 Å². The van der Waals surface area contributed by atoms with Crippen LogP contribution < -0.4 is 0 Å². The zero-order valence-corrected chi connectivity index (χ0v) is 12.1. The molecule has 5 heteroatoms. The maximum atomic E-state index is 5.96. The summed E-state index contributed by atoms with van der Waals surface area (Å²) in [5.41, 5.74) is 1.77. The van der Waals surface area contributed by atoms with E-state index in [-0.39, 0.29) is 0 Å². The molecule has 0 aliphatic rings. The normalized spacial score (nSPS) is 10.7. The van der Waals surface area contributed by atoms with E-state index in [1.807, 2.05) is 42.5 Å². The molecule has 0 atom stereocenters. The van der Waals surface area contributed by atoms with Crippen LogP contribution in [-0.2, 0) is 5.75 Å². The predicted octanol–water partition coefficient (Wildman–Crippen LogP) is 4.68. The highest BCUT2D eigenvalue weighted by atomic mass is 35.5. The van der Waals surface area contributed by atoms with Crippen LogP contribution in [0.25, 0.3) is 11.5 Å². The zero-order valence-electron chi connectivity index (χ0n) is 10.5. The van der Waals surface area contributed by atoms with E-state index < -0.39 is 0 Å². The number of nitrogens with zero attached hydrogens (tertiary/aromatic N) is 2. The molecule has 2 heterocycles. The summed E-state index contributed by atoms with van der Waals surface area (Å²) in [5, 5.41) is 1.64. The van der Waals surface area contributed by atoms with Crippen molar-refractivity contribution in [3.05, 3.63) is 65.6 Å². The molecule has 0 aliphatic carbocycles. The number of oxazole rings is 1. The number of thioether (sulfide) groups is 1. The molecule has 0 N–H and O–H groups in total. The average Bonchev–Trinajstić information content (AvgIpc) is 2.95. The highest BCUT2D eigenvalue weighted by molar-refractivity contribution is 7.98. The van der Waals surface area contributed by atoms with Crippen LogP contribution in [0.2, 0.25) is 5.02 Å². The van der Waals surface area contributed by atoms with Crippen LogP contribution in [0.1, 0.15) is 5.69 Å². The summed E-state index contributed by atoms with van der Waals surface area (Å²) >= 11 is 7.59. The molecule has 3 aromatic rings. The summed E-state index contributed by atoms with van der Waals surface area (Å²) < 4.78 is 5.49. The molecular formula is C15H11ClN2OS. The first-order chi connectivity index (χ1) is 9.81. The number of aromatic nitrogens is 2. The fraction of sp³-hybridized carbons (Fsp3) is 0.0667. The van der Waals surface area contributed by atoms with E-state index in [2.05, 4.69) is 9.97 Å². The number of rotatable bonds is 4. The van der Waals surface area contributed by atoms with Gasteiger partial charge in [-0.25, -0.2) is 9.97 Å². The second kappa shape index (κ2) is 6.11. The molecule has 100 valence electrons. The Morgan fingerprint density at radius 3 is 2.90 bits per heavy atom. The first-order valence-electron chi connectivity index (χ1n) is 6.05. The minimum atomic E-state index is 0.587. The number of pyridine rings is 1. The lowest BCUT2D eigenvalue weighted by Crippen LogP contribution is -1.83. The van der Waals surface area contributed by atoms with E-state index in [9.17, 15) is 0 Å². The van der Waals surface area contributed by atoms with E-state index in [1.165, 1.54) is 0 Å². The van der Waals surface area contributed by atoms with Gasteiger partial charge in [-0.2, -0.15) is 0 Å². The molecule has 0 spiro atoms. The molecule has 1 aromatic carbocycles. The number of halogens is 1. The maximum Gasteiger partial charge on any atom is 0.226 e. The van der Waals surface area contributed by atoms with Gasteiger partial charge >= 0.3 is 0 Å². The second-order valence-electron chi connectivity index (χ2n) is 4.11. The molecule has 0 saturated heterocycles. The van der Waals surface area contributed by atoms with Crippen LogP contribution in [0.4, 0.5) is 0 Å². The van der Waals surface area contributed by atoms with Gasteiger partial charge in [-0.3, -0.25) is 0 Å². The van der Waals surface area contributed by atoms with E-state index >= 15 is 0 Å². The molecule has 2 aromatic heterocycles. The highest BCUT2D eigenvalue weighted by Gasteiger charge is 2.07. The smallest absolute Gasteiger partial charge is 0.226 e. The van der Waals surface area contributed by atoms with Gasteiger partial charge in [0.2, 0.25) is 5.89 Å². The van der Waals surface area contributed by atoms with Crippen LogP contribution >= 0.6 is 23.4 Å². The molecular weight excluding hydrogens is 292 g/mol. The van der Waals surface area contributed by atoms with Crippen LogP contribution in [0.3, 0.4) is 0 Å². The quantitative estimate of drug-likeness (QED) is 0.656. The van der Waals surface area contributed by atoms with Crippen molar-refractivity contribution in [2.75, 3.05) is 0 Å². The summed E-state index contributed by atoms with van der Waals surface area (Å²) in [6.45, 7) is 0. The van der Waals surface area contributed by atoms with Gasteiger partial charge in [0.15, 0.2) is 0 Å². The van der Waals surface area contributed by atoms with Crippen molar-refractivity contribution in [2.45, 2.75) is 10.8 Å². The molecule has 0 aliphatic heterocycles. The Balaban J connectivity index is 1.71. The van der Waals surface area contributed by atoms with Crippen molar-refractivity contribution in [3.63, 3.8) is 0 Å². The van der Waals surface area contributed by atoms with Gasteiger partial charge in [0, 0.05) is 22.5 Å². The Labute approximate surface area is 126 Å². The fourth-order valence-corrected chi connectivity index (χ4v) is 2.64. The third-order valence-corrected chi connectivity index (χ3v) is 3.84. The van der Waals surface area contributed by atoms with E-state index in [0.29, 0.717) is 10.9 Å². The maximum absolute atomic E-state index is 5.96. The molecule has 0 saturated carbocycles. The minimum Gasteiger partial charge on any atom is -0.444 e. The lowest BCUT2D eigenvalue weighted by Gasteiger charge is -1.97. The van der Waals surface area contributed by atoms with Gasteiger partial charge in [0.1, 0.15) is 6.26 Å². The topological polar surface area (TPSA) is 38.9 Å². The third-order valence-electron chi connectivity index (χ3n) is 2.63. The van der Waals surface area contributed by atoms with E-state index in [4.69, 9.17) is 16.0 Å². The van der Waals surface area contributed by atoms with Crippen LogP contribution in [0.15, 0.2) is 64.4 Å². The van der Waals surface area contributed by atoms with E-state index in [0.717, 1.165) is 22.0 Å². The van der Waals surface area contributed by atoms with Gasteiger partial charge in [-0.15, -0.1) is 0 Å². The van der Waals surface area contributed by atoms with Gasteiger partial charge in [0.05, 0.1) is 10.7 Å². The highest BCUT2D eigenvalue weighted by Crippen LogP contribution is 2.25. The first kappa shape index (κ1) is 13.2. The molecule has 3 nitrogen and oxygen atoms in total. The molecule has 0 bridgehead atoms. The number of benzene rings is 1. The summed E-state index contributed by atoms with van der Waals surface area (Å²) in [7, 11) is 0. The van der Waals surface area contributed by atoms with Crippen molar-refractivity contribution < 1.29 is 4.42 Å². The Morgan fingerprint density at radius 1 is 1.15 bits per heavy atom. The van der Waals surface area contributed by atoms with Crippen LogP contribution in [0.5, 0.6) is 0 Å². The Morgan fingerprint density at radius 2 is 2.10 bits per heavy atom.